The van der Waals surface area contributed by atoms with Crippen molar-refractivity contribution in [2.75, 3.05) is 26.2 Å². The lowest BCUT2D eigenvalue weighted by atomic mass is 9.95. The highest BCUT2D eigenvalue weighted by Crippen LogP contribution is 2.33. The molecule has 2 aliphatic rings. The molecule has 4 rings (SSSR count). The van der Waals surface area contributed by atoms with Gasteiger partial charge in [0.15, 0.2) is 0 Å². The highest BCUT2D eigenvalue weighted by atomic mass is 35.5. The van der Waals surface area contributed by atoms with Gasteiger partial charge in [0.1, 0.15) is 17.6 Å². The van der Waals surface area contributed by atoms with E-state index in [1.165, 1.54) is 11.0 Å². The Labute approximate surface area is 224 Å². The number of carbonyl (C=O) groups is 2. The molecule has 0 aliphatic carbocycles. The van der Waals surface area contributed by atoms with Gasteiger partial charge >= 0.3 is 5.97 Å². The molecule has 2 saturated heterocycles. The highest BCUT2D eigenvalue weighted by molar-refractivity contribution is 6.34. The van der Waals surface area contributed by atoms with Gasteiger partial charge in [-0.1, -0.05) is 34.8 Å². The molecule has 194 valence electrons. The standard InChI is InChI=1S/C26H28Cl3FN2O4/c1-15(17-9-18(27)11-19(28)10-17)31-7-4-16(5-8-31)14-36-24-13-22(30)20(12-21(24)29)25(33)32-6-2-3-23(32)26(34)35/h9-13,15-16,23H,2-8,14H2,1H3,(H,34,35)/t15?,23-/m0/s1. The van der Waals surface area contributed by atoms with Crippen LogP contribution >= 0.6 is 34.8 Å². The van der Waals surface area contributed by atoms with Crippen LogP contribution in [0.5, 0.6) is 5.75 Å². The molecule has 0 spiro atoms. The van der Waals surface area contributed by atoms with E-state index in [0.29, 0.717) is 29.5 Å². The molecule has 2 aliphatic heterocycles. The topological polar surface area (TPSA) is 70.1 Å². The number of hydrogen-bond acceptors (Lipinski definition) is 4. The number of benzene rings is 2. The summed E-state index contributed by atoms with van der Waals surface area (Å²) in [6, 6.07) is 7.16. The third kappa shape index (κ3) is 6.08. The highest BCUT2D eigenvalue weighted by Gasteiger charge is 2.35. The number of hydrogen-bond donors (Lipinski definition) is 1. The van der Waals surface area contributed by atoms with Crippen LogP contribution in [0.4, 0.5) is 4.39 Å². The van der Waals surface area contributed by atoms with Gasteiger partial charge in [-0.2, -0.15) is 0 Å². The van der Waals surface area contributed by atoms with Crippen molar-refractivity contribution < 1.29 is 23.8 Å². The predicted octanol–water partition coefficient (Wildman–Crippen LogP) is 6.33. The van der Waals surface area contributed by atoms with Gasteiger partial charge in [0.05, 0.1) is 17.2 Å². The van der Waals surface area contributed by atoms with E-state index in [0.717, 1.165) is 37.6 Å². The zero-order valence-corrected chi connectivity index (χ0v) is 22.1. The molecular formula is C26H28Cl3FN2O4. The second-order valence-corrected chi connectivity index (χ2v) is 10.7. The fourth-order valence-electron chi connectivity index (χ4n) is 4.97. The molecule has 0 aromatic heterocycles. The van der Waals surface area contributed by atoms with Crippen LogP contribution in [0.25, 0.3) is 0 Å². The van der Waals surface area contributed by atoms with E-state index in [1.54, 1.807) is 6.07 Å². The van der Waals surface area contributed by atoms with Crippen LogP contribution < -0.4 is 4.74 Å². The molecule has 36 heavy (non-hydrogen) atoms. The van der Waals surface area contributed by atoms with E-state index in [2.05, 4.69) is 11.8 Å². The Kier molecular flexibility index (Phi) is 8.66. The van der Waals surface area contributed by atoms with Crippen LogP contribution in [-0.2, 0) is 4.79 Å². The van der Waals surface area contributed by atoms with Gasteiger partial charge in [-0.25, -0.2) is 9.18 Å². The zero-order chi connectivity index (χ0) is 26.0. The fraction of sp³-hybridized carbons (Fsp3) is 0.462. The van der Waals surface area contributed by atoms with E-state index in [4.69, 9.17) is 39.5 Å². The van der Waals surface area contributed by atoms with Crippen molar-refractivity contribution in [2.24, 2.45) is 5.92 Å². The number of ether oxygens (including phenoxy) is 1. The van der Waals surface area contributed by atoms with Crippen molar-refractivity contribution >= 4 is 46.7 Å². The summed E-state index contributed by atoms with van der Waals surface area (Å²) in [5.41, 5.74) is 0.826. The molecule has 0 saturated carbocycles. The van der Waals surface area contributed by atoms with E-state index in [-0.39, 0.29) is 34.8 Å². The molecule has 0 radical (unpaired) electrons. The summed E-state index contributed by atoms with van der Waals surface area (Å²) in [5, 5.41) is 10.7. The Morgan fingerprint density at radius 1 is 1.06 bits per heavy atom. The van der Waals surface area contributed by atoms with Crippen LogP contribution in [0.15, 0.2) is 30.3 Å². The number of nitrogens with zero attached hydrogens (tertiary/aromatic N) is 2. The summed E-state index contributed by atoms with van der Waals surface area (Å²) in [4.78, 5) is 27.7. The summed E-state index contributed by atoms with van der Waals surface area (Å²) in [5.74, 6) is -2.10. The monoisotopic (exact) mass is 556 g/mol. The van der Waals surface area contributed by atoms with E-state index in [1.807, 2.05) is 12.1 Å². The van der Waals surface area contributed by atoms with Crippen molar-refractivity contribution in [1.82, 2.24) is 9.80 Å². The first kappa shape index (κ1) is 27.0. The molecule has 2 fully saturated rings. The van der Waals surface area contributed by atoms with Crippen LogP contribution in [0.2, 0.25) is 15.1 Å². The molecule has 1 N–H and O–H groups in total. The van der Waals surface area contributed by atoms with Crippen molar-refractivity contribution in [2.45, 2.75) is 44.7 Å². The third-order valence-electron chi connectivity index (χ3n) is 7.09. The molecule has 2 aromatic rings. The predicted molar refractivity (Wildman–Crippen MR) is 138 cm³/mol. The first-order valence-electron chi connectivity index (χ1n) is 12.0. The second-order valence-electron chi connectivity index (χ2n) is 9.43. The average molecular weight is 558 g/mol. The van der Waals surface area contributed by atoms with Gasteiger partial charge in [-0.3, -0.25) is 9.69 Å². The Balaban J connectivity index is 1.33. The summed E-state index contributed by atoms with van der Waals surface area (Å²) in [6.07, 6.45) is 2.72. The minimum absolute atomic E-state index is 0.120. The van der Waals surface area contributed by atoms with E-state index >= 15 is 0 Å². The molecule has 1 amide bonds. The number of aliphatic carboxylic acids is 1. The van der Waals surface area contributed by atoms with Gasteiger partial charge < -0.3 is 14.7 Å². The maximum Gasteiger partial charge on any atom is 0.326 e. The van der Waals surface area contributed by atoms with Crippen molar-refractivity contribution in [3.8, 4) is 5.75 Å². The smallest absolute Gasteiger partial charge is 0.326 e. The Morgan fingerprint density at radius 3 is 2.36 bits per heavy atom. The first-order valence-corrected chi connectivity index (χ1v) is 13.1. The zero-order valence-electron chi connectivity index (χ0n) is 19.9. The third-order valence-corrected chi connectivity index (χ3v) is 7.82. The number of carboxylic acids is 1. The number of carboxylic acid groups (broad SMARTS) is 1. The number of piperidine rings is 1. The minimum Gasteiger partial charge on any atom is -0.492 e. The maximum absolute atomic E-state index is 14.8. The molecule has 2 atom stereocenters. The Morgan fingerprint density at radius 2 is 1.72 bits per heavy atom. The quantitative estimate of drug-likeness (QED) is 0.431. The maximum atomic E-state index is 14.8. The molecular weight excluding hydrogens is 530 g/mol. The van der Waals surface area contributed by atoms with E-state index in [9.17, 15) is 19.1 Å². The lowest BCUT2D eigenvalue weighted by molar-refractivity contribution is -0.141. The lowest BCUT2D eigenvalue weighted by Crippen LogP contribution is -2.40. The van der Waals surface area contributed by atoms with Crippen LogP contribution in [0.1, 0.15) is 54.6 Å². The number of halogens is 4. The number of carbonyl (C=O) groups excluding carboxylic acids is 1. The fourth-order valence-corrected chi connectivity index (χ4v) is 5.73. The molecule has 2 heterocycles. The van der Waals surface area contributed by atoms with Crippen molar-refractivity contribution in [1.29, 1.82) is 0 Å². The number of likely N-dealkylation sites (tertiary alicyclic amines) is 2. The van der Waals surface area contributed by atoms with Crippen molar-refractivity contribution in [3.05, 3.63) is 62.3 Å². The van der Waals surface area contributed by atoms with Crippen LogP contribution in [-0.4, -0.2) is 59.1 Å². The Bertz CT molecular complexity index is 1120. The molecule has 6 nitrogen and oxygen atoms in total. The average Bonchev–Trinajstić information content (AvgIpc) is 3.34. The summed E-state index contributed by atoms with van der Waals surface area (Å²) in [7, 11) is 0. The molecule has 0 bridgehead atoms. The van der Waals surface area contributed by atoms with Crippen LogP contribution in [0.3, 0.4) is 0 Å². The molecule has 2 aromatic carbocycles. The largest absolute Gasteiger partial charge is 0.492 e. The van der Waals surface area contributed by atoms with Gasteiger partial charge in [-0.15, -0.1) is 0 Å². The van der Waals surface area contributed by atoms with Crippen LogP contribution in [0, 0.1) is 11.7 Å². The summed E-state index contributed by atoms with van der Waals surface area (Å²) in [6.45, 7) is 4.52. The summed E-state index contributed by atoms with van der Waals surface area (Å²) >= 11 is 18.6. The summed E-state index contributed by atoms with van der Waals surface area (Å²) < 4.78 is 20.7. The lowest BCUT2D eigenvalue weighted by Gasteiger charge is -2.36. The minimum atomic E-state index is -1.09. The van der Waals surface area contributed by atoms with Gasteiger partial charge in [-0.05, 0) is 81.4 Å². The SMILES string of the molecule is CC(c1cc(Cl)cc(Cl)c1)N1CCC(COc2cc(F)c(C(=O)N3CCC[C@H]3C(=O)O)cc2Cl)CC1. The molecule has 1 unspecified atom stereocenters. The van der Waals surface area contributed by atoms with Gasteiger partial charge in [0.2, 0.25) is 0 Å². The Hall–Kier alpha value is -2.06. The van der Waals surface area contributed by atoms with Crippen molar-refractivity contribution in [3.63, 3.8) is 0 Å². The number of amides is 1. The van der Waals surface area contributed by atoms with Gasteiger partial charge in [0, 0.05) is 28.7 Å². The number of rotatable bonds is 7. The first-order chi connectivity index (χ1) is 17.1. The second kappa shape index (κ2) is 11.5. The molecule has 10 heteroatoms. The normalized spacial score (nSPS) is 19.9. The van der Waals surface area contributed by atoms with Gasteiger partial charge in [0.25, 0.3) is 5.91 Å². The van der Waals surface area contributed by atoms with E-state index < -0.39 is 23.7 Å².